The van der Waals surface area contributed by atoms with Gasteiger partial charge >= 0.3 is 12.1 Å². The fraction of sp³-hybridized carbons (Fsp3) is 0.429. The molecule has 1 aromatic rings. The smallest absolute Gasteiger partial charge is 0.413 e. The first-order chi connectivity index (χ1) is 10.5. The van der Waals surface area contributed by atoms with Gasteiger partial charge in [0.2, 0.25) is 0 Å². The monoisotopic (exact) mass is 325 g/mol. The average molecular weight is 325 g/mol. The lowest BCUT2D eigenvalue weighted by Gasteiger charge is -2.07. The third-order valence-electron chi connectivity index (χ3n) is 2.33. The van der Waals surface area contributed by atoms with E-state index < -0.39 is 12.1 Å². The fourth-order valence-electron chi connectivity index (χ4n) is 1.50. The van der Waals surface area contributed by atoms with Gasteiger partial charge in [-0.1, -0.05) is 11.8 Å². The van der Waals surface area contributed by atoms with Gasteiger partial charge in [-0.2, -0.15) is 0 Å². The lowest BCUT2D eigenvalue weighted by molar-refractivity contribution is 0.0519. The van der Waals surface area contributed by atoms with Crippen molar-refractivity contribution in [2.45, 2.75) is 20.8 Å². The Bertz CT molecular complexity index is 575. The van der Waals surface area contributed by atoms with Crippen LogP contribution >= 0.6 is 11.8 Å². The summed E-state index contributed by atoms with van der Waals surface area (Å²) in [5, 5.41) is 2.83. The van der Waals surface area contributed by atoms with Crippen LogP contribution in [0.25, 0.3) is 0 Å². The number of carbonyl (C=O) groups is 2. The summed E-state index contributed by atoms with van der Waals surface area (Å²) in [5.74, 6) is -0.198. The Kier molecular flexibility index (Phi) is 7.38. The van der Waals surface area contributed by atoms with Gasteiger partial charge in [-0.05, 0) is 44.7 Å². The molecule has 22 heavy (non-hydrogen) atoms. The first kappa shape index (κ1) is 18.0. The topological polar surface area (TPSA) is 89.9 Å². The van der Waals surface area contributed by atoms with Gasteiger partial charge in [0.05, 0.1) is 13.2 Å². The van der Waals surface area contributed by atoms with Crippen LogP contribution in [0.1, 0.15) is 29.9 Å². The van der Waals surface area contributed by atoms with Gasteiger partial charge in [-0.15, -0.1) is 0 Å². The number of ether oxygens (including phenoxy) is 2. The van der Waals surface area contributed by atoms with Crippen molar-refractivity contribution in [3.05, 3.63) is 23.4 Å². The van der Waals surface area contributed by atoms with Crippen molar-refractivity contribution in [2.75, 3.05) is 19.5 Å². The van der Waals surface area contributed by atoms with E-state index in [9.17, 15) is 9.59 Å². The number of hydrogen-bond donors (Lipinski definition) is 1. The number of aliphatic imine (C=N–C) groups is 1. The minimum absolute atomic E-state index is 0.178. The van der Waals surface area contributed by atoms with E-state index >= 15 is 0 Å². The van der Waals surface area contributed by atoms with Crippen LogP contribution < -0.4 is 5.32 Å². The number of pyridine rings is 1. The molecular formula is C14H19N3O4S. The molecule has 1 heterocycles. The number of aryl methyl sites for hydroxylation is 1. The number of thioether (sulfide) groups is 1. The second-order valence-corrected chi connectivity index (χ2v) is 4.87. The minimum atomic E-state index is -0.589. The number of esters is 1. The Morgan fingerprint density at radius 2 is 1.95 bits per heavy atom. The van der Waals surface area contributed by atoms with Gasteiger partial charge in [0.25, 0.3) is 0 Å². The summed E-state index contributed by atoms with van der Waals surface area (Å²) in [5.41, 5.74) is 0.991. The van der Waals surface area contributed by atoms with E-state index in [4.69, 9.17) is 9.47 Å². The van der Waals surface area contributed by atoms with Crippen LogP contribution in [0.15, 0.2) is 17.1 Å². The number of alkyl carbamates (subject to hydrolysis) is 1. The van der Waals surface area contributed by atoms with Gasteiger partial charge in [0.15, 0.2) is 16.7 Å². The van der Waals surface area contributed by atoms with Gasteiger partial charge < -0.3 is 9.47 Å². The standard InChI is InChI=1S/C14H19N3O4S/c1-5-20-12(18)10-7-9(3)8-11(15-10)16-13(22-4)17-14(19)21-6-2/h7-8H,5-6H2,1-4H3,(H,15,16,17,19). The maximum Gasteiger partial charge on any atom is 0.413 e. The maximum atomic E-state index is 11.7. The molecule has 0 saturated carbocycles. The second kappa shape index (κ2) is 9.04. The fourth-order valence-corrected chi connectivity index (χ4v) is 1.87. The van der Waals surface area contributed by atoms with Crippen molar-refractivity contribution in [3.8, 4) is 0 Å². The first-order valence-electron chi connectivity index (χ1n) is 6.72. The number of hydrogen-bond acceptors (Lipinski definition) is 7. The van der Waals surface area contributed by atoms with Crippen LogP contribution in [-0.2, 0) is 9.47 Å². The van der Waals surface area contributed by atoms with E-state index in [-0.39, 0.29) is 18.9 Å². The maximum absolute atomic E-state index is 11.7. The minimum Gasteiger partial charge on any atom is -0.461 e. The van der Waals surface area contributed by atoms with Crippen LogP contribution in [0.2, 0.25) is 0 Å². The summed E-state index contributed by atoms with van der Waals surface area (Å²) in [7, 11) is 0. The number of rotatable bonds is 4. The number of nitrogens with zero attached hydrogens (tertiary/aromatic N) is 2. The number of nitrogens with one attached hydrogen (secondary N) is 1. The zero-order valence-corrected chi connectivity index (χ0v) is 13.8. The van der Waals surface area contributed by atoms with Crippen molar-refractivity contribution in [2.24, 2.45) is 4.99 Å². The molecule has 1 amide bonds. The summed E-state index contributed by atoms with van der Waals surface area (Å²) >= 11 is 1.23. The van der Waals surface area contributed by atoms with Gasteiger partial charge in [-0.25, -0.2) is 19.6 Å². The Balaban J connectivity index is 3.01. The van der Waals surface area contributed by atoms with Crippen molar-refractivity contribution in [1.29, 1.82) is 0 Å². The molecular weight excluding hydrogens is 306 g/mol. The highest BCUT2D eigenvalue weighted by Crippen LogP contribution is 2.15. The van der Waals surface area contributed by atoms with E-state index in [0.29, 0.717) is 11.0 Å². The summed E-state index contributed by atoms with van der Waals surface area (Å²) in [6.45, 7) is 5.79. The van der Waals surface area contributed by atoms with Crippen LogP contribution in [0.3, 0.4) is 0 Å². The highest BCUT2D eigenvalue weighted by Gasteiger charge is 2.11. The van der Waals surface area contributed by atoms with E-state index in [1.807, 2.05) is 6.92 Å². The normalized spacial score (nSPS) is 11.0. The highest BCUT2D eigenvalue weighted by atomic mass is 32.2. The van der Waals surface area contributed by atoms with Crippen molar-refractivity contribution >= 4 is 34.8 Å². The second-order valence-electron chi connectivity index (χ2n) is 4.07. The largest absolute Gasteiger partial charge is 0.461 e. The Hall–Kier alpha value is -2.09. The SMILES string of the molecule is CCOC(=O)N/C(=N/c1cc(C)cc(C(=O)OCC)n1)SC. The molecule has 0 aliphatic heterocycles. The lowest BCUT2D eigenvalue weighted by atomic mass is 10.2. The van der Waals surface area contributed by atoms with E-state index in [0.717, 1.165) is 5.56 Å². The molecule has 1 rings (SSSR count). The van der Waals surface area contributed by atoms with Crippen molar-refractivity contribution in [3.63, 3.8) is 0 Å². The molecule has 0 aliphatic rings. The Morgan fingerprint density at radius 1 is 1.27 bits per heavy atom. The third-order valence-corrected chi connectivity index (χ3v) is 2.91. The lowest BCUT2D eigenvalue weighted by Crippen LogP contribution is -2.28. The number of aromatic nitrogens is 1. The molecule has 0 atom stereocenters. The molecule has 120 valence electrons. The zero-order chi connectivity index (χ0) is 16.5. The van der Waals surface area contributed by atoms with Crippen molar-refractivity contribution < 1.29 is 19.1 Å². The van der Waals surface area contributed by atoms with E-state index in [2.05, 4.69) is 15.3 Å². The molecule has 0 aromatic carbocycles. The Labute approximate surface area is 133 Å². The molecule has 0 radical (unpaired) electrons. The Morgan fingerprint density at radius 3 is 2.55 bits per heavy atom. The molecule has 1 N–H and O–H groups in total. The number of carbonyl (C=O) groups excluding carboxylic acids is 2. The van der Waals surface area contributed by atoms with Crippen LogP contribution in [0, 0.1) is 6.92 Å². The predicted molar refractivity (Wildman–Crippen MR) is 85.7 cm³/mol. The van der Waals surface area contributed by atoms with Crippen LogP contribution in [-0.4, -0.2) is 41.7 Å². The predicted octanol–water partition coefficient (Wildman–Crippen LogP) is 2.66. The molecule has 0 aliphatic carbocycles. The zero-order valence-electron chi connectivity index (χ0n) is 13.0. The molecule has 8 heteroatoms. The molecule has 0 bridgehead atoms. The van der Waals surface area contributed by atoms with E-state index in [1.165, 1.54) is 11.8 Å². The third kappa shape index (κ3) is 5.72. The average Bonchev–Trinajstić information content (AvgIpc) is 2.46. The quantitative estimate of drug-likeness (QED) is 0.520. The highest BCUT2D eigenvalue weighted by molar-refractivity contribution is 8.13. The van der Waals surface area contributed by atoms with Gasteiger partial charge in [0.1, 0.15) is 0 Å². The van der Waals surface area contributed by atoms with Gasteiger partial charge in [-0.3, -0.25) is 5.32 Å². The molecule has 0 fully saturated rings. The summed E-state index contributed by atoms with van der Waals surface area (Å²) < 4.78 is 9.71. The first-order valence-corrected chi connectivity index (χ1v) is 7.94. The van der Waals surface area contributed by atoms with Crippen LogP contribution in [0.4, 0.5) is 10.6 Å². The molecule has 0 unspecified atom stereocenters. The number of amidine groups is 1. The summed E-state index contributed by atoms with van der Waals surface area (Å²) in [4.78, 5) is 31.5. The molecule has 0 spiro atoms. The van der Waals surface area contributed by atoms with Crippen LogP contribution in [0.5, 0.6) is 0 Å². The van der Waals surface area contributed by atoms with E-state index in [1.54, 1.807) is 32.2 Å². The summed E-state index contributed by atoms with van der Waals surface area (Å²) in [6.07, 6.45) is 1.17. The molecule has 1 aromatic heterocycles. The molecule has 0 saturated heterocycles. The van der Waals surface area contributed by atoms with Gasteiger partial charge in [0, 0.05) is 0 Å². The van der Waals surface area contributed by atoms with Crippen molar-refractivity contribution in [1.82, 2.24) is 10.3 Å². The molecule has 7 nitrogen and oxygen atoms in total. The summed E-state index contributed by atoms with van der Waals surface area (Å²) in [6, 6.07) is 3.32. The number of amides is 1.